The average Bonchev–Trinajstić information content (AvgIpc) is 3.03. The number of hydrogen-bond acceptors (Lipinski definition) is 15. The highest BCUT2D eigenvalue weighted by atomic mass is 16.7. The van der Waals surface area contributed by atoms with Crippen molar-refractivity contribution in [3.63, 3.8) is 0 Å². The van der Waals surface area contributed by atoms with E-state index in [9.17, 15) is 29.1 Å². The zero-order valence-corrected chi connectivity index (χ0v) is 29.6. The van der Waals surface area contributed by atoms with E-state index < -0.39 is 54.6 Å². The first-order valence-corrected chi connectivity index (χ1v) is 16.3. The predicted molar refractivity (Wildman–Crippen MR) is 171 cm³/mol. The van der Waals surface area contributed by atoms with Crippen LogP contribution in [0.15, 0.2) is 0 Å². The molecule has 1 aliphatic heterocycles. The fourth-order valence-electron chi connectivity index (χ4n) is 5.60. The maximum Gasteiger partial charge on any atom is 0.339 e. The molecule has 0 bridgehead atoms. The van der Waals surface area contributed by atoms with Gasteiger partial charge in [-0.2, -0.15) is 0 Å². The molecule has 1 fully saturated rings. The average molecular weight is 699 g/mol. The third-order valence-electron chi connectivity index (χ3n) is 7.81. The molecule has 276 valence electrons. The molecular weight excluding hydrogens is 648 g/mol. The number of benzene rings is 1. The Morgan fingerprint density at radius 2 is 1.16 bits per heavy atom. The molecule has 0 radical (unpaired) electrons. The van der Waals surface area contributed by atoms with Crippen LogP contribution in [0.5, 0.6) is 23.0 Å². The van der Waals surface area contributed by atoms with Crippen molar-refractivity contribution in [3.05, 3.63) is 11.1 Å². The summed E-state index contributed by atoms with van der Waals surface area (Å²) in [5, 5.41) is 11.0. The minimum atomic E-state index is -1.66. The molecule has 0 spiro atoms. The molecule has 0 unspecified atom stereocenters. The maximum atomic E-state index is 12.9. The molecule has 15 nitrogen and oxygen atoms in total. The Bertz CT molecular complexity index is 1290. The fraction of sp³-hybridized carbons (Fsp3) is 0.676. The van der Waals surface area contributed by atoms with Crippen molar-refractivity contribution in [3.8, 4) is 23.0 Å². The van der Waals surface area contributed by atoms with E-state index in [1.54, 1.807) is 6.92 Å². The number of rotatable bonds is 19. The van der Waals surface area contributed by atoms with Gasteiger partial charge in [-0.05, 0) is 26.2 Å². The Morgan fingerprint density at radius 1 is 0.653 bits per heavy atom. The smallest absolute Gasteiger partial charge is 0.339 e. The summed E-state index contributed by atoms with van der Waals surface area (Å²) in [6, 6.07) is 0. The number of unbranched alkanes of at least 4 members (excludes halogenated alkanes) is 7. The normalized spacial score (nSPS) is 20.0. The number of phenolic OH excluding ortho intramolecular Hbond substituents is 1. The van der Waals surface area contributed by atoms with Crippen LogP contribution < -0.4 is 14.2 Å². The molecular formula is C34H50O15. The molecule has 1 N–H and O–H groups in total. The van der Waals surface area contributed by atoms with Crippen LogP contribution in [-0.2, 0) is 58.8 Å². The Hall–Kier alpha value is -4.27. The number of carbonyl (C=O) groups excluding carboxylic acids is 5. The quantitative estimate of drug-likeness (QED) is 0.124. The van der Waals surface area contributed by atoms with Gasteiger partial charge >= 0.3 is 29.8 Å². The van der Waals surface area contributed by atoms with Crippen LogP contribution in [0, 0.1) is 6.92 Å². The van der Waals surface area contributed by atoms with Gasteiger partial charge in [0.15, 0.2) is 29.8 Å². The summed E-state index contributed by atoms with van der Waals surface area (Å²) in [7, 11) is 3.77. The summed E-state index contributed by atoms with van der Waals surface area (Å²) in [5.74, 6) is -3.85. The molecule has 1 aromatic carbocycles. The lowest BCUT2D eigenvalue weighted by molar-refractivity contribution is -0.282. The van der Waals surface area contributed by atoms with Crippen molar-refractivity contribution in [1.29, 1.82) is 0 Å². The molecule has 15 heteroatoms. The minimum absolute atomic E-state index is 0.000270. The van der Waals surface area contributed by atoms with E-state index in [1.165, 1.54) is 21.1 Å². The van der Waals surface area contributed by atoms with E-state index in [0.29, 0.717) is 30.6 Å². The van der Waals surface area contributed by atoms with Gasteiger partial charge in [-0.25, -0.2) is 4.79 Å². The van der Waals surface area contributed by atoms with Crippen LogP contribution in [0.1, 0.15) is 90.2 Å². The molecule has 1 aliphatic rings. The van der Waals surface area contributed by atoms with Gasteiger partial charge in [-0.15, -0.1) is 0 Å². The minimum Gasteiger partial charge on any atom is -0.504 e. The second-order valence-corrected chi connectivity index (χ2v) is 11.6. The third-order valence-corrected chi connectivity index (χ3v) is 7.81. The molecule has 0 aromatic heterocycles. The zero-order chi connectivity index (χ0) is 36.7. The van der Waals surface area contributed by atoms with E-state index in [2.05, 4.69) is 0 Å². The number of hydrogen-bond donors (Lipinski definition) is 1. The molecule has 0 saturated carbocycles. The molecule has 49 heavy (non-hydrogen) atoms. The van der Waals surface area contributed by atoms with Crippen LogP contribution in [0.3, 0.4) is 0 Å². The van der Waals surface area contributed by atoms with Crippen molar-refractivity contribution in [2.24, 2.45) is 0 Å². The lowest BCUT2D eigenvalue weighted by atomic mass is 9.96. The highest BCUT2D eigenvalue weighted by Gasteiger charge is 2.56. The lowest BCUT2D eigenvalue weighted by Gasteiger charge is -2.43. The number of ether oxygens (including phenoxy) is 9. The zero-order valence-electron chi connectivity index (χ0n) is 29.6. The summed E-state index contributed by atoms with van der Waals surface area (Å²) in [5.41, 5.74) is 0.964. The molecule has 5 atom stereocenters. The molecule has 1 saturated heterocycles. The van der Waals surface area contributed by atoms with Gasteiger partial charge in [0.05, 0.1) is 27.9 Å². The van der Waals surface area contributed by atoms with Gasteiger partial charge in [0, 0.05) is 38.8 Å². The molecule has 1 aromatic rings. The van der Waals surface area contributed by atoms with E-state index >= 15 is 0 Å². The van der Waals surface area contributed by atoms with Crippen LogP contribution in [0.4, 0.5) is 0 Å². The van der Waals surface area contributed by atoms with E-state index in [1.807, 2.05) is 0 Å². The fourth-order valence-corrected chi connectivity index (χ4v) is 5.60. The highest BCUT2D eigenvalue weighted by Crippen LogP contribution is 2.50. The molecule has 2 rings (SSSR count). The van der Waals surface area contributed by atoms with E-state index in [0.717, 1.165) is 72.8 Å². The van der Waals surface area contributed by atoms with Crippen LogP contribution in [0.25, 0.3) is 0 Å². The van der Waals surface area contributed by atoms with Gasteiger partial charge in [-0.1, -0.05) is 38.5 Å². The van der Waals surface area contributed by atoms with E-state index in [4.69, 9.17) is 42.6 Å². The molecule has 1 heterocycles. The first kappa shape index (κ1) is 40.9. The lowest BCUT2D eigenvalue weighted by Crippen LogP contribution is -2.64. The summed E-state index contributed by atoms with van der Waals surface area (Å²) in [4.78, 5) is 60.4. The summed E-state index contributed by atoms with van der Waals surface area (Å²) < 4.78 is 49.5. The molecule has 0 amide bonds. The summed E-state index contributed by atoms with van der Waals surface area (Å²) >= 11 is 0. The van der Waals surface area contributed by atoms with Gasteiger partial charge in [0.2, 0.25) is 23.9 Å². The topological polar surface area (TPSA) is 189 Å². The number of aromatic hydroxyl groups is 1. The van der Waals surface area contributed by atoms with Crippen LogP contribution in [0.2, 0.25) is 0 Å². The van der Waals surface area contributed by atoms with E-state index in [-0.39, 0.29) is 29.0 Å². The molecule has 0 aliphatic carbocycles. The largest absolute Gasteiger partial charge is 0.504 e. The van der Waals surface area contributed by atoms with Crippen molar-refractivity contribution in [2.75, 3.05) is 27.9 Å². The maximum absolute atomic E-state index is 12.9. The number of carbonyl (C=O) groups is 5. The Morgan fingerprint density at radius 3 is 1.67 bits per heavy atom. The van der Waals surface area contributed by atoms with Crippen molar-refractivity contribution in [1.82, 2.24) is 0 Å². The van der Waals surface area contributed by atoms with Gasteiger partial charge in [0.25, 0.3) is 0 Å². The number of esters is 5. The first-order valence-electron chi connectivity index (χ1n) is 16.3. The number of phenols is 1. The Kier molecular flexibility index (Phi) is 16.9. The standard InChI is InChI=1S/C34H50O15/c1-19-24(17-15-13-11-9-10-12-14-16-18-44-20(2)35)26(28(42-7)27(41-6)25(19)39)48-34-32(47-23(5)38)30(46-22(4)37)29(45-21(3)36)31(49-34)33(40)43-8/h29-32,34,39H,9-18H2,1-8H3/t29-,30-,31-,32+,34+/m0/s1. The van der Waals surface area contributed by atoms with Gasteiger partial charge < -0.3 is 47.7 Å². The SMILES string of the molecule is COC(=O)[C@H]1O[C@@H](Oc2c(CCCCCCCCCCOC(C)=O)c(C)c(O)c(OC)c2OC)[C@H](OC(C)=O)[C@@H](OC(C)=O)[C@@H]1OC(C)=O. The monoisotopic (exact) mass is 698 g/mol. The predicted octanol–water partition coefficient (Wildman–Crippen LogP) is 4.02. The Labute approximate surface area is 286 Å². The second kappa shape index (κ2) is 20.3. The van der Waals surface area contributed by atoms with Gasteiger partial charge in [-0.3, -0.25) is 19.2 Å². The highest BCUT2D eigenvalue weighted by molar-refractivity contribution is 5.77. The number of methoxy groups -OCH3 is 3. The van der Waals surface area contributed by atoms with Crippen LogP contribution >= 0.6 is 0 Å². The van der Waals surface area contributed by atoms with Crippen molar-refractivity contribution < 1.29 is 71.7 Å². The second-order valence-electron chi connectivity index (χ2n) is 11.6. The van der Waals surface area contributed by atoms with Gasteiger partial charge in [0.1, 0.15) is 0 Å². The summed E-state index contributed by atoms with van der Waals surface area (Å²) in [6.07, 6.45) is -0.104. The van der Waals surface area contributed by atoms with Crippen LogP contribution in [-0.4, -0.2) is 93.6 Å². The van der Waals surface area contributed by atoms with Crippen molar-refractivity contribution in [2.45, 2.75) is 123 Å². The third kappa shape index (κ3) is 12.0. The Balaban J connectivity index is 2.41. The summed E-state index contributed by atoms with van der Waals surface area (Å²) in [6.45, 7) is 6.79. The first-order chi connectivity index (χ1) is 23.3. The van der Waals surface area contributed by atoms with Crippen molar-refractivity contribution >= 4 is 29.8 Å².